The molecule has 0 aromatic heterocycles. The summed E-state index contributed by atoms with van der Waals surface area (Å²) in [4.78, 5) is 11.5. The largest absolute Gasteiger partial charge is 0.508 e. The zero-order valence-electron chi connectivity index (χ0n) is 10.7. The molecule has 0 unspecified atom stereocenters. The summed E-state index contributed by atoms with van der Waals surface area (Å²) in [6.45, 7) is 4.05. The lowest BCUT2D eigenvalue weighted by Gasteiger charge is -2.19. The van der Waals surface area contributed by atoms with Gasteiger partial charge in [-0.25, -0.2) is 4.39 Å². The molecule has 1 atom stereocenters. The number of aromatic hydroxyl groups is 1. The van der Waals surface area contributed by atoms with Crippen LogP contribution in [-0.4, -0.2) is 24.2 Å². The van der Waals surface area contributed by atoms with E-state index in [1.54, 1.807) is 0 Å². The van der Waals surface area contributed by atoms with Gasteiger partial charge in [0.1, 0.15) is 17.6 Å². The second-order valence-corrected chi connectivity index (χ2v) is 4.44. The van der Waals surface area contributed by atoms with Crippen molar-refractivity contribution in [2.75, 3.05) is 7.11 Å². The number of nitrogens with one attached hydrogen (secondary N) is 1. The number of hydrogen-bond acceptors (Lipinski definition) is 4. The molecular weight excluding hydrogens is 237 g/mol. The van der Waals surface area contributed by atoms with E-state index in [9.17, 15) is 14.3 Å². The molecule has 1 aromatic carbocycles. The average Bonchev–Trinajstić information content (AvgIpc) is 2.27. The van der Waals surface area contributed by atoms with Crippen LogP contribution in [0.25, 0.3) is 0 Å². The van der Waals surface area contributed by atoms with Crippen LogP contribution < -0.4 is 5.32 Å². The van der Waals surface area contributed by atoms with E-state index in [0.717, 1.165) is 6.07 Å². The highest BCUT2D eigenvalue weighted by Crippen LogP contribution is 2.15. The van der Waals surface area contributed by atoms with Crippen molar-refractivity contribution in [3.05, 3.63) is 29.6 Å². The van der Waals surface area contributed by atoms with E-state index in [1.807, 2.05) is 13.8 Å². The molecule has 0 heterocycles. The Hall–Kier alpha value is -1.62. The molecule has 0 fully saturated rings. The molecule has 0 spiro atoms. The molecule has 1 rings (SSSR count). The third-order valence-electron chi connectivity index (χ3n) is 2.59. The van der Waals surface area contributed by atoms with Crippen LogP contribution in [0.3, 0.4) is 0 Å². The van der Waals surface area contributed by atoms with Crippen LogP contribution in [-0.2, 0) is 16.1 Å². The van der Waals surface area contributed by atoms with Crippen molar-refractivity contribution in [1.29, 1.82) is 0 Å². The summed E-state index contributed by atoms with van der Waals surface area (Å²) in [5.41, 5.74) is 0.571. The van der Waals surface area contributed by atoms with Gasteiger partial charge in [-0.05, 0) is 23.6 Å². The molecule has 0 aliphatic rings. The van der Waals surface area contributed by atoms with Crippen molar-refractivity contribution in [2.45, 2.75) is 26.4 Å². The highest BCUT2D eigenvalue weighted by atomic mass is 19.1. The maximum atomic E-state index is 13.1. The standard InChI is InChI=1S/C13H18FNO3/c1-8(2)12(13(17)18-3)15-7-9-4-10(14)6-11(16)5-9/h4-6,8,12,15-16H,7H2,1-3H3/t12-/m0/s1. The minimum absolute atomic E-state index is 0.0552. The van der Waals surface area contributed by atoms with E-state index in [2.05, 4.69) is 10.1 Å². The van der Waals surface area contributed by atoms with Crippen LogP contribution in [0.5, 0.6) is 5.75 Å². The minimum atomic E-state index is -0.508. The molecule has 2 N–H and O–H groups in total. The van der Waals surface area contributed by atoms with Crippen LogP contribution in [0.1, 0.15) is 19.4 Å². The van der Waals surface area contributed by atoms with Crippen molar-refractivity contribution in [3.8, 4) is 5.75 Å². The Bertz CT molecular complexity index is 400. The summed E-state index contributed by atoms with van der Waals surface area (Å²) < 4.78 is 17.7. The number of phenolic OH excluding ortho intramolecular Hbond substituents is 1. The fourth-order valence-electron chi connectivity index (χ4n) is 1.68. The van der Waals surface area contributed by atoms with Crippen LogP contribution >= 0.6 is 0 Å². The van der Waals surface area contributed by atoms with Gasteiger partial charge in [0, 0.05) is 12.6 Å². The fraction of sp³-hybridized carbons (Fsp3) is 0.462. The van der Waals surface area contributed by atoms with Gasteiger partial charge in [0.05, 0.1) is 7.11 Å². The molecule has 0 radical (unpaired) electrons. The van der Waals surface area contributed by atoms with Gasteiger partial charge in [0.2, 0.25) is 0 Å². The Balaban J connectivity index is 2.69. The fourth-order valence-corrected chi connectivity index (χ4v) is 1.68. The maximum Gasteiger partial charge on any atom is 0.323 e. The Labute approximate surface area is 106 Å². The molecule has 0 aliphatic heterocycles. The van der Waals surface area contributed by atoms with Crippen molar-refractivity contribution < 1.29 is 19.0 Å². The van der Waals surface area contributed by atoms with E-state index < -0.39 is 11.9 Å². The smallest absolute Gasteiger partial charge is 0.323 e. The molecule has 0 aliphatic carbocycles. The first-order valence-electron chi connectivity index (χ1n) is 5.73. The predicted molar refractivity (Wildman–Crippen MR) is 65.5 cm³/mol. The monoisotopic (exact) mass is 255 g/mol. The van der Waals surface area contributed by atoms with Gasteiger partial charge in [-0.15, -0.1) is 0 Å². The Kier molecular flexibility index (Phi) is 5.09. The Morgan fingerprint density at radius 2 is 2.11 bits per heavy atom. The minimum Gasteiger partial charge on any atom is -0.508 e. The van der Waals surface area contributed by atoms with Crippen LogP contribution in [0.2, 0.25) is 0 Å². The Morgan fingerprint density at radius 1 is 1.44 bits per heavy atom. The summed E-state index contributed by atoms with van der Waals surface area (Å²) in [5, 5.41) is 12.3. The molecule has 0 saturated heterocycles. The lowest BCUT2D eigenvalue weighted by molar-refractivity contribution is -0.144. The van der Waals surface area contributed by atoms with Crippen LogP contribution in [0.15, 0.2) is 18.2 Å². The van der Waals surface area contributed by atoms with Crippen molar-refractivity contribution in [3.63, 3.8) is 0 Å². The van der Waals surface area contributed by atoms with Gasteiger partial charge in [0.25, 0.3) is 0 Å². The van der Waals surface area contributed by atoms with E-state index in [1.165, 1.54) is 19.2 Å². The molecule has 0 amide bonds. The highest BCUT2D eigenvalue weighted by molar-refractivity contribution is 5.75. The van der Waals surface area contributed by atoms with Gasteiger partial charge < -0.3 is 15.2 Å². The number of esters is 1. The van der Waals surface area contributed by atoms with Crippen molar-refractivity contribution >= 4 is 5.97 Å². The van der Waals surface area contributed by atoms with E-state index in [-0.39, 0.29) is 24.2 Å². The second-order valence-electron chi connectivity index (χ2n) is 4.44. The first-order valence-corrected chi connectivity index (χ1v) is 5.73. The number of hydrogen-bond donors (Lipinski definition) is 2. The summed E-state index contributed by atoms with van der Waals surface area (Å²) in [6.07, 6.45) is 0. The number of carbonyl (C=O) groups is 1. The van der Waals surface area contributed by atoms with Gasteiger partial charge in [-0.1, -0.05) is 13.8 Å². The molecule has 5 heteroatoms. The van der Waals surface area contributed by atoms with Crippen molar-refractivity contribution in [2.24, 2.45) is 5.92 Å². The first-order chi connectivity index (χ1) is 8.43. The molecule has 0 bridgehead atoms. The summed E-state index contributed by atoms with van der Waals surface area (Å²) in [7, 11) is 1.33. The molecule has 18 heavy (non-hydrogen) atoms. The topological polar surface area (TPSA) is 58.6 Å². The highest BCUT2D eigenvalue weighted by Gasteiger charge is 2.22. The Morgan fingerprint density at radius 3 is 2.61 bits per heavy atom. The molecule has 4 nitrogen and oxygen atoms in total. The SMILES string of the molecule is COC(=O)[C@@H](NCc1cc(O)cc(F)c1)C(C)C. The molecule has 100 valence electrons. The number of phenols is 1. The summed E-state index contributed by atoms with van der Waals surface area (Å²) >= 11 is 0. The lowest BCUT2D eigenvalue weighted by Crippen LogP contribution is -2.41. The normalized spacial score (nSPS) is 12.5. The van der Waals surface area contributed by atoms with Crippen LogP contribution in [0.4, 0.5) is 4.39 Å². The zero-order chi connectivity index (χ0) is 13.7. The van der Waals surface area contributed by atoms with Crippen molar-refractivity contribution in [1.82, 2.24) is 5.32 Å². The molecule has 1 aromatic rings. The maximum absolute atomic E-state index is 13.1. The quantitative estimate of drug-likeness (QED) is 0.788. The summed E-state index contributed by atoms with van der Waals surface area (Å²) in [6, 6.07) is 3.33. The predicted octanol–water partition coefficient (Wildman–Crippen LogP) is 1.82. The number of halogens is 1. The number of benzene rings is 1. The van der Waals surface area contributed by atoms with Gasteiger partial charge in [0.15, 0.2) is 0 Å². The first kappa shape index (κ1) is 14.4. The van der Waals surface area contributed by atoms with E-state index >= 15 is 0 Å². The van der Waals surface area contributed by atoms with E-state index in [0.29, 0.717) is 5.56 Å². The number of rotatable bonds is 5. The summed E-state index contributed by atoms with van der Waals surface area (Å²) in [5.74, 6) is -0.942. The molecule has 0 saturated carbocycles. The van der Waals surface area contributed by atoms with Gasteiger partial charge in [-0.2, -0.15) is 0 Å². The number of methoxy groups -OCH3 is 1. The third-order valence-corrected chi connectivity index (χ3v) is 2.59. The van der Waals surface area contributed by atoms with Gasteiger partial charge >= 0.3 is 5.97 Å². The number of ether oxygens (including phenoxy) is 1. The third kappa shape index (κ3) is 4.00. The second kappa shape index (κ2) is 6.35. The van der Waals surface area contributed by atoms with E-state index in [4.69, 9.17) is 0 Å². The average molecular weight is 255 g/mol. The molecular formula is C13H18FNO3. The van der Waals surface area contributed by atoms with Crippen LogP contribution in [0, 0.1) is 11.7 Å². The number of carbonyl (C=O) groups excluding carboxylic acids is 1. The van der Waals surface area contributed by atoms with Gasteiger partial charge in [-0.3, -0.25) is 4.79 Å². The lowest BCUT2D eigenvalue weighted by atomic mass is 10.0. The zero-order valence-corrected chi connectivity index (χ0v) is 10.7.